The first-order valence-corrected chi connectivity index (χ1v) is 14.4. The van der Waals surface area contributed by atoms with Crippen LogP contribution in [0.15, 0.2) is 83.8 Å². The van der Waals surface area contributed by atoms with Crippen LogP contribution < -0.4 is 14.4 Å². The summed E-state index contributed by atoms with van der Waals surface area (Å²) in [5.74, 6) is -0.524. The molecule has 2 atom stereocenters. The number of carbonyl (C=O) groups is 2. The Morgan fingerprint density at radius 2 is 1.54 bits per heavy atom. The minimum atomic E-state index is -4.17. The van der Waals surface area contributed by atoms with Crippen LogP contribution in [0.2, 0.25) is 0 Å². The summed E-state index contributed by atoms with van der Waals surface area (Å²) in [6, 6.07) is 21.5. The Morgan fingerprint density at radius 1 is 0.923 bits per heavy atom. The van der Waals surface area contributed by atoms with Crippen molar-refractivity contribution >= 4 is 27.5 Å². The Kier molecular flexibility index (Phi) is 10.1. The number of anilines is 1. The maximum absolute atomic E-state index is 14.0. The first-order valence-electron chi connectivity index (χ1n) is 12.9. The van der Waals surface area contributed by atoms with Crippen LogP contribution in [0.5, 0.6) is 5.75 Å². The zero-order chi connectivity index (χ0) is 28.6. The molecule has 0 aliphatic carbocycles. The maximum Gasteiger partial charge on any atom is 0.264 e. The van der Waals surface area contributed by atoms with E-state index >= 15 is 0 Å². The highest BCUT2D eigenvalue weighted by Crippen LogP contribution is 2.32. The second-order valence-electron chi connectivity index (χ2n) is 9.50. The van der Waals surface area contributed by atoms with Crippen LogP contribution in [0.1, 0.15) is 38.3 Å². The summed E-state index contributed by atoms with van der Waals surface area (Å²) in [6.07, 6.45) is 0.738. The average molecular weight is 552 g/mol. The van der Waals surface area contributed by atoms with Gasteiger partial charge in [-0.05, 0) is 57.0 Å². The standard InChI is InChI=1S/C30H37N3O5S/c1-6-23(3)31-30(35)24(4)32(20-25-12-8-7-9-13-25)29(34)21-33(27-14-10-11-15-28(27)38-5)39(36,37)26-18-16-22(2)17-19-26/h7-19,23-24H,6,20-21H2,1-5H3,(H,31,35). The number of rotatable bonds is 12. The van der Waals surface area contributed by atoms with Crippen molar-refractivity contribution < 1.29 is 22.7 Å². The molecule has 3 aromatic carbocycles. The minimum Gasteiger partial charge on any atom is -0.495 e. The van der Waals surface area contributed by atoms with E-state index in [1.807, 2.05) is 51.1 Å². The van der Waals surface area contributed by atoms with E-state index in [1.165, 1.54) is 24.1 Å². The number of hydrogen-bond donors (Lipinski definition) is 1. The van der Waals surface area contributed by atoms with E-state index in [2.05, 4.69) is 5.32 Å². The molecule has 0 aliphatic heterocycles. The van der Waals surface area contributed by atoms with Gasteiger partial charge in [-0.3, -0.25) is 13.9 Å². The topological polar surface area (TPSA) is 96.0 Å². The number of nitrogens with one attached hydrogen (secondary N) is 1. The van der Waals surface area contributed by atoms with Crippen molar-refractivity contribution in [2.75, 3.05) is 18.0 Å². The molecule has 0 fully saturated rings. The highest BCUT2D eigenvalue weighted by Gasteiger charge is 2.33. The minimum absolute atomic E-state index is 0.0453. The summed E-state index contributed by atoms with van der Waals surface area (Å²) >= 11 is 0. The van der Waals surface area contributed by atoms with E-state index in [9.17, 15) is 18.0 Å². The summed E-state index contributed by atoms with van der Waals surface area (Å²) in [7, 11) is -2.72. The van der Waals surface area contributed by atoms with Gasteiger partial charge in [0, 0.05) is 12.6 Å². The zero-order valence-electron chi connectivity index (χ0n) is 23.1. The molecule has 8 nitrogen and oxygen atoms in total. The van der Waals surface area contributed by atoms with Crippen LogP contribution >= 0.6 is 0 Å². The van der Waals surface area contributed by atoms with Gasteiger partial charge in [-0.1, -0.05) is 67.1 Å². The lowest BCUT2D eigenvalue weighted by Crippen LogP contribution is -2.52. The molecule has 0 aromatic heterocycles. The number of amides is 2. The van der Waals surface area contributed by atoms with Crippen LogP contribution in [0.25, 0.3) is 0 Å². The number of carbonyl (C=O) groups excluding carboxylic acids is 2. The highest BCUT2D eigenvalue weighted by molar-refractivity contribution is 7.92. The Labute approximate surface area is 231 Å². The molecule has 0 saturated heterocycles. The van der Waals surface area contributed by atoms with Crippen LogP contribution in [0.3, 0.4) is 0 Å². The van der Waals surface area contributed by atoms with Crippen LogP contribution in [-0.2, 0) is 26.2 Å². The van der Waals surface area contributed by atoms with Gasteiger partial charge in [0.05, 0.1) is 17.7 Å². The molecule has 2 unspecified atom stereocenters. The maximum atomic E-state index is 14.0. The van der Waals surface area contributed by atoms with E-state index in [0.717, 1.165) is 21.9 Å². The van der Waals surface area contributed by atoms with Gasteiger partial charge in [-0.2, -0.15) is 0 Å². The Hall–Kier alpha value is -3.85. The third-order valence-electron chi connectivity index (χ3n) is 6.61. The van der Waals surface area contributed by atoms with Gasteiger partial charge in [-0.25, -0.2) is 8.42 Å². The van der Waals surface area contributed by atoms with Gasteiger partial charge in [0.1, 0.15) is 18.3 Å². The lowest BCUT2D eigenvalue weighted by atomic mass is 10.1. The van der Waals surface area contributed by atoms with Crippen LogP contribution in [-0.4, -0.2) is 50.9 Å². The lowest BCUT2D eigenvalue weighted by Gasteiger charge is -2.32. The van der Waals surface area contributed by atoms with Crippen molar-refractivity contribution in [1.82, 2.24) is 10.2 Å². The molecular formula is C30H37N3O5S. The number of nitrogens with zero attached hydrogens (tertiary/aromatic N) is 2. The molecule has 3 aromatic rings. The fourth-order valence-corrected chi connectivity index (χ4v) is 5.44. The van der Waals surface area contributed by atoms with Crippen molar-refractivity contribution in [2.45, 2.75) is 57.6 Å². The molecule has 0 radical (unpaired) electrons. The van der Waals surface area contributed by atoms with E-state index in [-0.39, 0.29) is 29.1 Å². The van der Waals surface area contributed by atoms with Gasteiger partial charge in [-0.15, -0.1) is 0 Å². The average Bonchev–Trinajstić information content (AvgIpc) is 2.94. The summed E-state index contributed by atoms with van der Waals surface area (Å²) in [5, 5.41) is 2.93. The lowest BCUT2D eigenvalue weighted by molar-refractivity contribution is -0.139. The van der Waals surface area contributed by atoms with E-state index < -0.39 is 28.5 Å². The number of ether oxygens (including phenoxy) is 1. The molecule has 208 valence electrons. The van der Waals surface area contributed by atoms with Crippen LogP contribution in [0.4, 0.5) is 5.69 Å². The molecule has 0 spiro atoms. The third-order valence-corrected chi connectivity index (χ3v) is 8.38. The molecule has 1 N–H and O–H groups in total. The van der Waals surface area contributed by atoms with Gasteiger partial charge in [0.25, 0.3) is 10.0 Å². The van der Waals surface area contributed by atoms with Crippen molar-refractivity contribution in [3.05, 3.63) is 90.0 Å². The fourth-order valence-electron chi connectivity index (χ4n) is 4.01. The summed E-state index contributed by atoms with van der Waals surface area (Å²) < 4.78 is 34.4. The summed E-state index contributed by atoms with van der Waals surface area (Å²) in [6.45, 7) is 6.99. The molecule has 9 heteroatoms. The normalized spacial score (nSPS) is 12.7. The van der Waals surface area contributed by atoms with Crippen molar-refractivity contribution in [1.29, 1.82) is 0 Å². The fraction of sp³-hybridized carbons (Fsp3) is 0.333. The quantitative estimate of drug-likeness (QED) is 0.357. The molecule has 3 rings (SSSR count). The zero-order valence-corrected chi connectivity index (χ0v) is 23.9. The first kappa shape index (κ1) is 29.7. The predicted molar refractivity (Wildman–Crippen MR) is 153 cm³/mol. The molecule has 2 amide bonds. The molecule has 39 heavy (non-hydrogen) atoms. The van der Waals surface area contributed by atoms with Crippen LogP contribution in [0, 0.1) is 6.92 Å². The predicted octanol–water partition coefficient (Wildman–Crippen LogP) is 4.53. The molecule has 0 bridgehead atoms. The Bertz CT molecular complexity index is 1360. The number of para-hydroxylation sites is 2. The number of aryl methyl sites for hydroxylation is 1. The monoisotopic (exact) mass is 551 g/mol. The van der Waals surface area contributed by atoms with E-state index in [4.69, 9.17) is 4.74 Å². The van der Waals surface area contributed by atoms with Gasteiger partial charge in [0.15, 0.2) is 0 Å². The number of benzene rings is 3. The SMILES string of the molecule is CCC(C)NC(=O)C(C)N(Cc1ccccc1)C(=O)CN(c1ccccc1OC)S(=O)(=O)c1ccc(C)cc1. The third kappa shape index (κ3) is 7.38. The largest absolute Gasteiger partial charge is 0.495 e. The molecular weight excluding hydrogens is 514 g/mol. The van der Waals surface area contributed by atoms with Crippen molar-refractivity contribution in [3.8, 4) is 5.75 Å². The number of sulfonamides is 1. The van der Waals surface area contributed by atoms with E-state index in [0.29, 0.717) is 5.75 Å². The Balaban J connectivity index is 2.05. The van der Waals surface area contributed by atoms with Gasteiger partial charge in [0.2, 0.25) is 11.8 Å². The second-order valence-corrected chi connectivity index (χ2v) is 11.4. The molecule has 0 aliphatic rings. The van der Waals surface area contributed by atoms with Gasteiger partial charge < -0.3 is 15.0 Å². The van der Waals surface area contributed by atoms with Gasteiger partial charge >= 0.3 is 0 Å². The smallest absolute Gasteiger partial charge is 0.264 e. The second kappa shape index (κ2) is 13.3. The summed E-state index contributed by atoms with van der Waals surface area (Å²) in [5.41, 5.74) is 1.95. The summed E-state index contributed by atoms with van der Waals surface area (Å²) in [4.78, 5) is 28.5. The van der Waals surface area contributed by atoms with Crippen molar-refractivity contribution in [2.24, 2.45) is 0 Å². The molecule has 0 saturated carbocycles. The number of methoxy groups -OCH3 is 1. The number of hydrogen-bond acceptors (Lipinski definition) is 5. The van der Waals surface area contributed by atoms with Crippen molar-refractivity contribution in [3.63, 3.8) is 0 Å². The Morgan fingerprint density at radius 3 is 2.15 bits per heavy atom. The molecule has 0 heterocycles. The van der Waals surface area contributed by atoms with E-state index in [1.54, 1.807) is 43.3 Å². The highest BCUT2D eigenvalue weighted by atomic mass is 32.2. The first-order chi connectivity index (χ1) is 18.6.